The molecule has 0 aliphatic carbocycles. The highest BCUT2D eigenvalue weighted by molar-refractivity contribution is 7.80. The zero-order valence-corrected chi connectivity index (χ0v) is 17.4. The molecule has 2 aromatic carbocycles. The Morgan fingerprint density at radius 3 is 2.24 bits per heavy atom. The van der Waals surface area contributed by atoms with Gasteiger partial charge in [0, 0.05) is 17.2 Å². The van der Waals surface area contributed by atoms with Crippen LogP contribution in [-0.4, -0.2) is 22.8 Å². The summed E-state index contributed by atoms with van der Waals surface area (Å²) in [6.45, 7) is 5.52. The third-order valence-corrected chi connectivity index (χ3v) is 4.30. The number of hydrogen-bond acceptors (Lipinski definition) is 4. The van der Waals surface area contributed by atoms with E-state index < -0.39 is 5.91 Å². The fraction of sp³-hybridized carbons (Fsp3) is 0.238. The Hall–Kier alpha value is -3.26. The Bertz CT molecular complexity index is 910. The normalized spacial score (nSPS) is 10.2. The first-order valence-electron chi connectivity index (χ1n) is 9.12. The van der Waals surface area contributed by atoms with Crippen molar-refractivity contribution in [2.45, 2.75) is 27.2 Å². The Labute approximate surface area is 175 Å². The number of carbonyl (C=O) groups is 3. The van der Waals surface area contributed by atoms with Crippen molar-refractivity contribution in [2.24, 2.45) is 5.92 Å². The molecule has 0 aliphatic heterocycles. The van der Waals surface area contributed by atoms with Crippen LogP contribution in [0.2, 0.25) is 0 Å². The van der Waals surface area contributed by atoms with Gasteiger partial charge in [0.2, 0.25) is 11.8 Å². The Kier molecular flexibility index (Phi) is 7.85. The van der Waals surface area contributed by atoms with Crippen molar-refractivity contribution in [3.05, 3.63) is 65.2 Å². The number of anilines is 1. The van der Waals surface area contributed by atoms with Crippen molar-refractivity contribution in [2.75, 3.05) is 5.32 Å². The number of nitrogens with one attached hydrogen (secondary N) is 4. The largest absolute Gasteiger partial charge is 0.326 e. The molecular formula is C21H24N4O3S. The molecule has 0 spiro atoms. The van der Waals surface area contributed by atoms with Crippen molar-refractivity contribution in [3.63, 3.8) is 0 Å². The monoisotopic (exact) mass is 412 g/mol. The third kappa shape index (κ3) is 7.00. The summed E-state index contributed by atoms with van der Waals surface area (Å²) < 4.78 is 0. The maximum atomic E-state index is 12.2. The van der Waals surface area contributed by atoms with E-state index in [2.05, 4.69) is 21.5 Å². The van der Waals surface area contributed by atoms with Gasteiger partial charge >= 0.3 is 0 Å². The first-order valence-corrected chi connectivity index (χ1v) is 9.52. The van der Waals surface area contributed by atoms with Crippen LogP contribution >= 0.6 is 12.2 Å². The zero-order chi connectivity index (χ0) is 21.4. The lowest BCUT2D eigenvalue weighted by atomic mass is 10.1. The summed E-state index contributed by atoms with van der Waals surface area (Å²) in [7, 11) is 0. The van der Waals surface area contributed by atoms with E-state index in [1.54, 1.807) is 38.1 Å². The van der Waals surface area contributed by atoms with E-state index in [1.165, 1.54) is 0 Å². The number of benzene rings is 2. The summed E-state index contributed by atoms with van der Waals surface area (Å²) >= 11 is 5.04. The van der Waals surface area contributed by atoms with Gasteiger partial charge < -0.3 is 10.6 Å². The molecule has 0 saturated heterocycles. The van der Waals surface area contributed by atoms with Crippen LogP contribution in [0.4, 0.5) is 5.69 Å². The highest BCUT2D eigenvalue weighted by Crippen LogP contribution is 2.11. The van der Waals surface area contributed by atoms with Crippen LogP contribution in [0.15, 0.2) is 48.5 Å². The third-order valence-electron chi connectivity index (χ3n) is 4.09. The molecule has 8 heteroatoms. The predicted molar refractivity (Wildman–Crippen MR) is 116 cm³/mol. The molecule has 0 radical (unpaired) electrons. The Morgan fingerprint density at radius 2 is 1.62 bits per heavy atom. The molecule has 0 aromatic heterocycles. The number of carbonyl (C=O) groups excluding carboxylic acids is 3. The predicted octanol–water partition coefficient (Wildman–Crippen LogP) is 2.47. The van der Waals surface area contributed by atoms with E-state index in [1.807, 2.05) is 31.2 Å². The average molecular weight is 413 g/mol. The number of hydrogen-bond donors (Lipinski definition) is 4. The van der Waals surface area contributed by atoms with Gasteiger partial charge in [0.05, 0.1) is 6.42 Å². The molecule has 0 unspecified atom stereocenters. The van der Waals surface area contributed by atoms with Crippen molar-refractivity contribution in [1.29, 1.82) is 0 Å². The second-order valence-corrected chi connectivity index (χ2v) is 7.19. The Morgan fingerprint density at radius 1 is 0.966 bits per heavy atom. The van der Waals surface area contributed by atoms with E-state index in [0.717, 1.165) is 11.1 Å². The van der Waals surface area contributed by atoms with Gasteiger partial charge in [0.25, 0.3) is 5.91 Å². The molecule has 29 heavy (non-hydrogen) atoms. The number of hydrazine groups is 1. The minimum Gasteiger partial charge on any atom is -0.326 e. The molecule has 0 bridgehead atoms. The average Bonchev–Trinajstić information content (AvgIpc) is 2.68. The number of aryl methyl sites for hydroxylation is 1. The topological polar surface area (TPSA) is 99.3 Å². The van der Waals surface area contributed by atoms with E-state index in [-0.39, 0.29) is 29.3 Å². The molecule has 0 atom stereocenters. The fourth-order valence-electron chi connectivity index (χ4n) is 2.36. The van der Waals surface area contributed by atoms with Gasteiger partial charge in [-0.3, -0.25) is 25.2 Å². The highest BCUT2D eigenvalue weighted by atomic mass is 32.1. The second-order valence-electron chi connectivity index (χ2n) is 6.78. The quantitative estimate of drug-likeness (QED) is 0.447. The molecule has 2 rings (SSSR count). The minimum absolute atomic E-state index is 0.00208. The van der Waals surface area contributed by atoms with E-state index in [9.17, 15) is 14.4 Å². The van der Waals surface area contributed by atoms with Crippen LogP contribution in [0, 0.1) is 12.8 Å². The van der Waals surface area contributed by atoms with Crippen LogP contribution in [0.5, 0.6) is 0 Å². The molecule has 0 aliphatic rings. The first-order chi connectivity index (χ1) is 13.8. The van der Waals surface area contributed by atoms with Gasteiger partial charge in [-0.2, -0.15) is 0 Å². The van der Waals surface area contributed by atoms with Crippen LogP contribution in [0.1, 0.15) is 35.3 Å². The minimum atomic E-state index is -0.428. The van der Waals surface area contributed by atoms with Crippen LogP contribution in [-0.2, 0) is 16.0 Å². The van der Waals surface area contributed by atoms with Gasteiger partial charge in [-0.05, 0) is 54.5 Å². The first kappa shape index (κ1) is 22.0. The molecule has 7 nitrogen and oxygen atoms in total. The summed E-state index contributed by atoms with van der Waals surface area (Å²) in [6.07, 6.45) is 0.187. The van der Waals surface area contributed by atoms with Crippen molar-refractivity contribution >= 4 is 40.7 Å². The summed E-state index contributed by atoms with van der Waals surface area (Å²) in [5.41, 5.74) is 7.82. The number of thiocarbonyl (C=S) groups is 1. The summed E-state index contributed by atoms with van der Waals surface area (Å²) in [4.78, 5) is 35.9. The van der Waals surface area contributed by atoms with E-state index in [0.29, 0.717) is 11.3 Å². The second kappa shape index (κ2) is 10.3. The summed E-state index contributed by atoms with van der Waals surface area (Å²) in [5.74, 6) is -0.946. The van der Waals surface area contributed by atoms with Crippen molar-refractivity contribution < 1.29 is 14.4 Å². The summed E-state index contributed by atoms with van der Waals surface area (Å²) in [6, 6.07) is 14.0. The van der Waals surface area contributed by atoms with Gasteiger partial charge in [-0.1, -0.05) is 38.1 Å². The zero-order valence-electron chi connectivity index (χ0n) is 16.5. The molecule has 0 fully saturated rings. The maximum absolute atomic E-state index is 12.2. The van der Waals surface area contributed by atoms with Gasteiger partial charge in [-0.25, -0.2) is 0 Å². The van der Waals surface area contributed by atoms with Crippen LogP contribution < -0.4 is 21.5 Å². The van der Waals surface area contributed by atoms with E-state index in [4.69, 9.17) is 12.2 Å². The lowest BCUT2D eigenvalue weighted by Gasteiger charge is -2.12. The van der Waals surface area contributed by atoms with Gasteiger partial charge in [0.15, 0.2) is 5.11 Å². The molecule has 4 N–H and O–H groups in total. The number of rotatable bonds is 5. The fourth-order valence-corrected chi connectivity index (χ4v) is 2.53. The van der Waals surface area contributed by atoms with Gasteiger partial charge in [0.1, 0.15) is 0 Å². The maximum Gasteiger partial charge on any atom is 0.269 e. The smallest absolute Gasteiger partial charge is 0.269 e. The van der Waals surface area contributed by atoms with Crippen LogP contribution in [0.3, 0.4) is 0 Å². The van der Waals surface area contributed by atoms with Crippen molar-refractivity contribution in [3.8, 4) is 0 Å². The highest BCUT2D eigenvalue weighted by Gasteiger charge is 2.11. The Balaban J connectivity index is 1.80. The SMILES string of the molecule is Cc1ccccc1CC(=O)NC(=S)NNC(=O)c1ccc(NC(=O)C(C)C)cc1. The van der Waals surface area contributed by atoms with Crippen LogP contribution in [0.25, 0.3) is 0 Å². The van der Waals surface area contributed by atoms with Crippen molar-refractivity contribution in [1.82, 2.24) is 16.2 Å². The van der Waals surface area contributed by atoms with Gasteiger partial charge in [-0.15, -0.1) is 0 Å². The molecule has 152 valence electrons. The molecule has 0 saturated carbocycles. The molecule has 3 amide bonds. The lowest BCUT2D eigenvalue weighted by Crippen LogP contribution is -2.48. The molecule has 2 aromatic rings. The molecule has 0 heterocycles. The number of amides is 3. The molecular weight excluding hydrogens is 388 g/mol. The standard InChI is InChI=1S/C21H24N4O3S/c1-13(2)19(27)22-17-10-8-15(9-11-17)20(28)24-25-21(29)23-18(26)12-16-7-5-4-6-14(16)3/h4-11,13H,12H2,1-3H3,(H,22,27)(H,24,28)(H2,23,25,26,29). The summed E-state index contributed by atoms with van der Waals surface area (Å²) in [5, 5.41) is 5.27. The van der Waals surface area contributed by atoms with E-state index >= 15 is 0 Å². The lowest BCUT2D eigenvalue weighted by molar-refractivity contribution is -0.119.